The van der Waals surface area contributed by atoms with Gasteiger partial charge in [0, 0.05) is 20.3 Å². The lowest BCUT2D eigenvalue weighted by Gasteiger charge is -2.14. The van der Waals surface area contributed by atoms with Gasteiger partial charge in [0.05, 0.1) is 24.2 Å². The van der Waals surface area contributed by atoms with Gasteiger partial charge >= 0.3 is 5.97 Å². The first-order valence-corrected chi connectivity index (χ1v) is 7.18. The Morgan fingerprint density at radius 1 is 1.30 bits per heavy atom. The van der Waals surface area contributed by atoms with E-state index in [0.29, 0.717) is 30.0 Å². The minimum atomic E-state index is -1.12. The first kappa shape index (κ1) is 16.6. The van der Waals surface area contributed by atoms with Crippen molar-refractivity contribution in [1.29, 1.82) is 5.26 Å². The number of hydrogen-bond donors (Lipinski definition) is 1. The normalized spacial score (nSPS) is 11.7. The lowest BCUT2D eigenvalue weighted by atomic mass is 10.1. The highest BCUT2D eigenvalue weighted by atomic mass is 16.5. The fourth-order valence-corrected chi connectivity index (χ4v) is 2.11. The van der Waals surface area contributed by atoms with Crippen molar-refractivity contribution in [3.8, 4) is 6.07 Å². The summed E-state index contributed by atoms with van der Waals surface area (Å²) in [7, 11) is 2.87. The van der Waals surface area contributed by atoms with Crippen LogP contribution in [0.5, 0.6) is 0 Å². The third kappa shape index (κ3) is 3.93. The molecule has 0 aliphatic rings. The molecule has 0 bridgehead atoms. The number of benzene rings is 1. The number of anilines is 1. The Bertz CT molecular complexity index is 727. The number of carbonyl (C=O) groups excluding carboxylic acids is 1. The van der Waals surface area contributed by atoms with Gasteiger partial charge in [-0.2, -0.15) is 5.26 Å². The molecular formula is C16H18N4O3. The molecule has 1 N–H and O–H groups in total. The van der Waals surface area contributed by atoms with Crippen molar-refractivity contribution in [1.82, 2.24) is 9.97 Å². The molecule has 7 nitrogen and oxygen atoms in total. The number of fused-ring (bicyclic) bond motifs is 1. The minimum Gasteiger partial charge on any atom is -0.468 e. The van der Waals surface area contributed by atoms with Crippen molar-refractivity contribution in [2.24, 2.45) is 0 Å². The van der Waals surface area contributed by atoms with E-state index in [1.54, 1.807) is 13.2 Å². The summed E-state index contributed by atoms with van der Waals surface area (Å²) in [6, 6.07) is 9.22. The monoisotopic (exact) mass is 314 g/mol. The minimum absolute atomic E-state index is 0.274. The second-order valence-corrected chi connectivity index (χ2v) is 4.80. The molecular weight excluding hydrogens is 296 g/mol. The Morgan fingerprint density at radius 2 is 2.00 bits per heavy atom. The van der Waals surface area contributed by atoms with Crippen molar-refractivity contribution >= 4 is 22.8 Å². The number of esters is 1. The van der Waals surface area contributed by atoms with Gasteiger partial charge in [0.25, 0.3) is 0 Å². The van der Waals surface area contributed by atoms with Crippen LogP contribution in [0.25, 0.3) is 11.0 Å². The van der Waals surface area contributed by atoms with Gasteiger partial charge in [-0.3, -0.25) is 4.79 Å². The van der Waals surface area contributed by atoms with Gasteiger partial charge in [-0.15, -0.1) is 0 Å². The van der Waals surface area contributed by atoms with Gasteiger partial charge < -0.3 is 14.8 Å². The standard InChI is InChI=1S/C16H18N4O3/c1-22-9-5-8-18-15-14(11(10-17)16(21)23-2)19-12-6-3-4-7-13(12)20-15/h3-4,6-7,11H,5,8-9H2,1-2H3,(H,18,20). The van der Waals surface area contributed by atoms with E-state index in [9.17, 15) is 10.1 Å². The summed E-state index contributed by atoms with van der Waals surface area (Å²) in [6.45, 7) is 1.19. The van der Waals surface area contributed by atoms with E-state index in [4.69, 9.17) is 9.47 Å². The van der Waals surface area contributed by atoms with E-state index in [2.05, 4.69) is 15.3 Å². The number of rotatable bonds is 7. The summed E-state index contributed by atoms with van der Waals surface area (Å²) < 4.78 is 9.69. The Morgan fingerprint density at radius 3 is 2.61 bits per heavy atom. The molecule has 1 aromatic carbocycles. The average molecular weight is 314 g/mol. The summed E-state index contributed by atoms with van der Waals surface area (Å²) in [5, 5.41) is 12.4. The highest BCUT2D eigenvalue weighted by Gasteiger charge is 2.27. The zero-order chi connectivity index (χ0) is 16.7. The van der Waals surface area contributed by atoms with Crippen molar-refractivity contribution < 1.29 is 14.3 Å². The van der Waals surface area contributed by atoms with Crippen LogP contribution >= 0.6 is 0 Å². The number of hydrogen-bond acceptors (Lipinski definition) is 7. The van der Waals surface area contributed by atoms with E-state index in [0.717, 1.165) is 6.42 Å². The Kier molecular flexibility index (Phi) is 5.83. The second-order valence-electron chi connectivity index (χ2n) is 4.80. The number of nitrogens with one attached hydrogen (secondary N) is 1. The van der Waals surface area contributed by atoms with Crippen LogP contribution < -0.4 is 5.32 Å². The van der Waals surface area contributed by atoms with E-state index in [1.165, 1.54) is 7.11 Å². The molecule has 23 heavy (non-hydrogen) atoms. The Balaban J connectivity index is 2.41. The second kappa shape index (κ2) is 8.06. The molecule has 1 atom stereocenters. The van der Waals surface area contributed by atoms with Crippen LogP contribution in [0.2, 0.25) is 0 Å². The molecule has 0 amide bonds. The fraction of sp³-hybridized carbons (Fsp3) is 0.375. The molecule has 2 rings (SSSR count). The number of para-hydroxylation sites is 2. The summed E-state index contributed by atoms with van der Waals surface area (Å²) in [5.74, 6) is -1.36. The fourth-order valence-electron chi connectivity index (χ4n) is 2.11. The van der Waals surface area contributed by atoms with E-state index in [1.807, 2.05) is 24.3 Å². The van der Waals surface area contributed by atoms with Crippen molar-refractivity contribution in [3.05, 3.63) is 30.0 Å². The van der Waals surface area contributed by atoms with Gasteiger partial charge in [-0.05, 0) is 18.6 Å². The van der Waals surface area contributed by atoms with E-state index in [-0.39, 0.29) is 5.69 Å². The van der Waals surface area contributed by atoms with Crippen molar-refractivity contribution in [3.63, 3.8) is 0 Å². The number of methoxy groups -OCH3 is 2. The molecule has 120 valence electrons. The molecule has 0 radical (unpaired) electrons. The van der Waals surface area contributed by atoms with Crippen LogP contribution in [0.15, 0.2) is 24.3 Å². The molecule has 0 saturated heterocycles. The Hall–Kier alpha value is -2.72. The highest BCUT2D eigenvalue weighted by molar-refractivity contribution is 5.84. The average Bonchev–Trinajstić information content (AvgIpc) is 2.59. The quantitative estimate of drug-likeness (QED) is 0.615. The smallest absolute Gasteiger partial charge is 0.329 e. The molecule has 0 aliphatic heterocycles. The molecule has 0 saturated carbocycles. The zero-order valence-electron chi connectivity index (χ0n) is 13.1. The van der Waals surface area contributed by atoms with Crippen LogP contribution in [0.1, 0.15) is 18.0 Å². The maximum Gasteiger partial charge on any atom is 0.329 e. The predicted molar refractivity (Wildman–Crippen MR) is 84.9 cm³/mol. The molecule has 1 heterocycles. The predicted octanol–water partition coefficient (Wildman–Crippen LogP) is 1.86. The van der Waals surface area contributed by atoms with Crippen LogP contribution in [-0.4, -0.2) is 43.3 Å². The lowest BCUT2D eigenvalue weighted by Crippen LogP contribution is -2.18. The molecule has 0 aliphatic carbocycles. The summed E-state index contributed by atoms with van der Waals surface area (Å²) in [4.78, 5) is 20.8. The first-order chi connectivity index (χ1) is 11.2. The van der Waals surface area contributed by atoms with E-state index < -0.39 is 11.9 Å². The summed E-state index contributed by atoms with van der Waals surface area (Å²) in [6.07, 6.45) is 0.764. The lowest BCUT2D eigenvalue weighted by molar-refractivity contribution is -0.141. The van der Waals surface area contributed by atoms with Gasteiger partial charge in [0.1, 0.15) is 5.69 Å². The van der Waals surface area contributed by atoms with Crippen molar-refractivity contribution in [2.75, 3.05) is 32.7 Å². The third-order valence-electron chi connectivity index (χ3n) is 3.25. The molecule has 7 heteroatoms. The number of carbonyl (C=O) groups is 1. The zero-order valence-corrected chi connectivity index (χ0v) is 13.1. The van der Waals surface area contributed by atoms with Gasteiger partial charge in [-0.1, -0.05) is 12.1 Å². The summed E-state index contributed by atoms with van der Waals surface area (Å²) >= 11 is 0. The molecule has 2 aromatic rings. The number of ether oxygens (including phenoxy) is 2. The molecule has 1 unspecified atom stereocenters. The third-order valence-corrected chi connectivity index (χ3v) is 3.25. The summed E-state index contributed by atoms with van der Waals surface area (Å²) in [5.41, 5.74) is 1.58. The van der Waals surface area contributed by atoms with Gasteiger partial charge in [0.15, 0.2) is 11.7 Å². The molecule has 1 aromatic heterocycles. The molecule has 0 spiro atoms. The topological polar surface area (TPSA) is 97.1 Å². The molecule has 0 fully saturated rings. The van der Waals surface area contributed by atoms with Gasteiger partial charge in [-0.25, -0.2) is 9.97 Å². The van der Waals surface area contributed by atoms with Crippen LogP contribution in [0, 0.1) is 11.3 Å². The highest BCUT2D eigenvalue weighted by Crippen LogP contribution is 2.24. The van der Waals surface area contributed by atoms with Crippen LogP contribution in [-0.2, 0) is 14.3 Å². The Labute approximate surface area is 134 Å². The SMILES string of the molecule is COCCCNc1nc2ccccc2nc1C(C#N)C(=O)OC. The number of nitrogens with zero attached hydrogens (tertiary/aromatic N) is 3. The first-order valence-electron chi connectivity index (χ1n) is 7.18. The van der Waals surface area contributed by atoms with Crippen LogP contribution in [0.3, 0.4) is 0 Å². The van der Waals surface area contributed by atoms with Crippen molar-refractivity contribution in [2.45, 2.75) is 12.3 Å². The van der Waals surface area contributed by atoms with Crippen LogP contribution in [0.4, 0.5) is 5.82 Å². The maximum atomic E-state index is 11.8. The number of nitriles is 1. The maximum absolute atomic E-state index is 11.8. The largest absolute Gasteiger partial charge is 0.468 e. The number of aromatic nitrogens is 2. The van der Waals surface area contributed by atoms with Gasteiger partial charge in [0.2, 0.25) is 0 Å². The van der Waals surface area contributed by atoms with E-state index >= 15 is 0 Å².